The van der Waals surface area contributed by atoms with Gasteiger partial charge < -0.3 is 20.5 Å². The minimum atomic E-state index is -4.82. The van der Waals surface area contributed by atoms with Crippen LogP contribution in [0.1, 0.15) is 15.2 Å². The van der Waals surface area contributed by atoms with Crippen molar-refractivity contribution >= 4 is 33.8 Å². The fourth-order valence-corrected chi connectivity index (χ4v) is 3.05. The molecule has 11 heteroatoms. The fourth-order valence-electron chi connectivity index (χ4n) is 2.18. The molecule has 0 spiro atoms. The maximum atomic E-state index is 12.6. The number of nitrogens with two attached hydrogens (primary N) is 1. The smallest absolute Gasteiger partial charge is 0.497 e. The number of rotatable bonds is 6. The number of carbonyl (C=O) groups excluding carboxylic acids is 1. The zero-order chi connectivity index (χ0) is 20.3. The number of thiazole rings is 1. The van der Waals surface area contributed by atoms with Gasteiger partial charge in [-0.25, -0.2) is 9.97 Å². The van der Waals surface area contributed by atoms with E-state index in [4.69, 9.17) is 10.5 Å². The lowest BCUT2D eigenvalue weighted by Crippen LogP contribution is -2.17. The molecule has 0 atom stereocenters. The van der Waals surface area contributed by atoms with Crippen molar-refractivity contribution in [2.24, 2.45) is 0 Å². The van der Waals surface area contributed by atoms with E-state index in [0.29, 0.717) is 22.1 Å². The van der Waals surface area contributed by atoms with E-state index in [1.165, 1.54) is 13.2 Å². The SMILES string of the molecule is COc1ccc(C(=O)c2sc(Nc3ccc(OC(F)(F)F)nc3)nc2N)cc1. The molecule has 0 fully saturated rings. The van der Waals surface area contributed by atoms with Crippen molar-refractivity contribution in [1.82, 2.24) is 9.97 Å². The average Bonchev–Trinajstić information content (AvgIpc) is 3.02. The molecule has 0 radical (unpaired) electrons. The minimum Gasteiger partial charge on any atom is -0.497 e. The monoisotopic (exact) mass is 410 g/mol. The van der Waals surface area contributed by atoms with E-state index in [1.807, 2.05) is 0 Å². The van der Waals surface area contributed by atoms with Crippen LogP contribution in [0.25, 0.3) is 0 Å². The molecule has 28 heavy (non-hydrogen) atoms. The number of aromatic nitrogens is 2. The van der Waals surface area contributed by atoms with Gasteiger partial charge in [-0.1, -0.05) is 11.3 Å². The summed E-state index contributed by atoms with van der Waals surface area (Å²) in [7, 11) is 1.52. The molecule has 0 aliphatic rings. The molecular weight excluding hydrogens is 397 g/mol. The molecule has 0 aliphatic carbocycles. The zero-order valence-corrected chi connectivity index (χ0v) is 15.1. The van der Waals surface area contributed by atoms with Crippen LogP contribution in [0.3, 0.4) is 0 Å². The van der Waals surface area contributed by atoms with Crippen LogP contribution in [0.2, 0.25) is 0 Å². The van der Waals surface area contributed by atoms with Gasteiger partial charge in [-0.3, -0.25) is 4.79 Å². The summed E-state index contributed by atoms with van der Waals surface area (Å²) in [6.45, 7) is 0. The zero-order valence-electron chi connectivity index (χ0n) is 14.3. The summed E-state index contributed by atoms with van der Waals surface area (Å²) in [5, 5.41) is 3.13. The minimum absolute atomic E-state index is 0.0401. The molecule has 0 bridgehead atoms. The first kappa shape index (κ1) is 19.4. The van der Waals surface area contributed by atoms with E-state index in [-0.39, 0.29) is 16.5 Å². The molecule has 3 rings (SSSR count). The molecule has 7 nitrogen and oxygen atoms in total. The van der Waals surface area contributed by atoms with Crippen molar-refractivity contribution in [3.63, 3.8) is 0 Å². The summed E-state index contributed by atoms with van der Waals surface area (Å²) in [5.41, 5.74) is 6.60. The fraction of sp³-hybridized carbons (Fsp3) is 0.118. The molecule has 0 amide bonds. The Morgan fingerprint density at radius 3 is 2.46 bits per heavy atom. The normalized spacial score (nSPS) is 11.1. The van der Waals surface area contributed by atoms with Crippen molar-refractivity contribution in [3.8, 4) is 11.6 Å². The molecule has 3 aromatic rings. The highest BCUT2D eigenvalue weighted by Gasteiger charge is 2.31. The Balaban J connectivity index is 1.73. The van der Waals surface area contributed by atoms with Gasteiger partial charge in [0.25, 0.3) is 0 Å². The molecule has 0 saturated heterocycles. The number of methoxy groups -OCH3 is 1. The molecule has 146 valence electrons. The predicted molar refractivity (Wildman–Crippen MR) is 97.2 cm³/mol. The summed E-state index contributed by atoms with van der Waals surface area (Å²) in [4.78, 5) is 20.4. The van der Waals surface area contributed by atoms with Crippen molar-refractivity contribution in [2.75, 3.05) is 18.2 Å². The molecule has 0 unspecified atom stereocenters. The molecule has 3 N–H and O–H groups in total. The number of ketones is 1. The Hall–Kier alpha value is -3.34. The highest BCUT2D eigenvalue weighted by atomic mass is 32.1. The molecule has 2 aromatic heterocycles. The van der Waals surface area contributed by atoms with Crippen molar-refractivity contribution in [2.45, 2.75) is 6.36 Å². The standard InChI is InChI=1S/C17H13F3N4O3S/c1-26-11-5-2-9(3-6-11)13(25)14-15(21)24-16(28-14)23-10-4-7-12(22-8-10)27-17(18,19)20/h2-8H,21H2,1H3,(H,23,24). The Morgan fingerprint density at radius 1 is 1.18 bits per heavy atom. The number of nitrogens with zero attached hydrogens (tertiary/aromatic N) is 2. The van der Waals surface area contributed by atoms with Gasteiger partial charge in [0.05, 0.1) is 19.0 Å². The lowest BCUT2D eigenvalue weighted by Gasteiger charge is -2.08. The van der Waals surface area contributed by atoms with Crippen molar-refractivity contribution in [3.05, 3.63) is 53.0 Å². The lowest BCUT2D eigenvalue weighted by molar-refractivity contribution is -0.276. The molecule has 1 aromatic carbocycles. The number of benzene rings is 1. The second-order valence-electron chi connectivity index (χ2n) is 5.35. The van der Waals surface area contributed by atoms with Gasteiger partial charge in [0, 0.05) is 11.6 Å². The Kier molecular flexibility index (Phi) is 5.36. The second kappa shape index (κ2) is 7.72. The number of nitrogen functional groups attached to an aromatic ring is 1. The molecule has 2 heterocycles. The maximum Gasteiger partial charge on any atom is 0.574 e. The first-order chi connectivity index (χ1) is 13.2. The first-order valence-electron chi connectivity index (χ1n) is 7.69. The summed E-state index contributed by atoms with van der Waals surface area (Å²) in [5.74, 6) is -0.246. The highest BCUT2D eigenvalue weighted by Crippen LogP contribution is 2.30. The quantitative estimate of drug-likeness (QED) is 0.593. The second-order valence-corrected chi connectivity index (χ2v) is 6.35. The van der Waals surface area contributed by atoms with Crippen LogP contribution < -0.4 is 20.5 Å². The third-order valence-electron chi connectivity index (χ3n) is 3.42. The summed E-state index contributed by atoms with van der Waals surface area (Å²) < 4.78 is 45.2. The Labute approximate surface area is 160 Å². The predicted octanol–water partition coefficient (Wildman–Crippen LogP) is 4.00. The number of alkyl halides is 3. The number of pyridine rings is 1. The van der Waals surface area contributed by atoms with Gasteiger partial charge in [0.2, 0.25) is 11.7 Å². The topological polar surface area (TPSA) is 99.4 Å². The van der Waals surface area contributed by atoms with Crippen LogP contribution in [0.5, 0.6) is 11.6 Å². The first-order valence-corrected chi connectivity index (χ1v) is 8.50. The number of halogens is 3. The third kappa shape index (κ3) is 4.68. The molecule has 0 aliphatic heterocycles. The van der Waals surface area contributed by atoms with Gasteiger partial charge in [0.15, 0.2) is 5.13 Å². The number of carbonyl (C=O) groups is 1. The van der Waals surface area contributed by atoms with E-state index in [2.05, 4.69) is 20.0 Å². The maximum absolute atomic E-state index is 12.6. The van der Waals surface area contributed by atoms with Crippen LogP contribution in [-0.2, 0) is 0 Å². The van der Waals surface area contributed by atoms with Crippen molar-refractivity contribution < 1.29 is 27.4 Å². The van der Waals surface area contributed by atoms with Gasteiger partial charge in [-0.15, -0.1) is 13.2 Å². The van der Waals surface area contributed by atoms with E-state index in [0.717, 1.165) is 23.6 Å². The molecular formula is C17H13F3N4O3S. The Morgan fingerprint density at radius 2 is 1.89 bits per heavy atom. The van der Waals surface area contributed by atoms with Crippen LogP contribution in [0, 0.1) is 0 Å². The van der Waals surface area contributed by atoms with Crippen LogP contribution in [-0.4, -0.2) is 29.2 Å². The summed E-state index contributed by atoms with van der Waals surface area (Å²) in [6.07, 6.45) is -3.67. The Bertz CT molecular complexity index is 973. The number of ether oxygens (including phenoxy) is 2. The number of nitrogens with one attached hydrogen (secondary N) is 1. The summed E-state index contributed by atoms with van der Waals surface area (Å²) in [6, 6.07) is 8.90. The number of anilines is 3. The van der Waals surface area contributed by atoms with E-state index >= 15 is 0 Å². The van der Waals surface area contributed by atoms with Gasteiger partial charge >= 0.3 is 6.36 Å². The van der Waals surface area contributed by atoms with Gasteiger partial charge in [-0.2, -0.15) is 0 Å². The van der Waals surface area contributed by atoms with Crippen molar-refractivity contribution in [1.29, 1.82) is 0 Å². The summed E-state index contributed by atoms with van der Waals surface area (Å²) >= 11 is 1.01. The third-order valence-corrected chi connectivity index (χ3v) is 4.41. The van der Waals surface area contributed by atoms with E-state index < -0.39 is 12.2 Å². The van der Waals surface area contributed by atoms with Gasteiger partial charge in [0.1, 0.15) is 16.4 Å². The highest BCUT2D eigenvalue weighted by molar-refractivity contribution is 7.18. The van der Waals surface area contributed by atoms with Crippen LogP contribution in [0.4, 0.5) is 29.8 Å². The van der Waals surface area contributed by atoms with E-state index in [1.54, 1.807) is 24.3 Å². The largest absolute Gasteiger partial charge is 0.574 e. The lowest BCUT2D eigenvalue weighted by atomic mass is 10.1. The average molecular weight is 410 g/mol. The number of hydrogen-bond acceptors (Lipinski definition) is 8. The van der Waals surface area contributed by atoms with Crippen LogP contribution >= 0.6 is 11.3 Å². The van der Waals surface area contributed by atoms with E-state index in [9.17, 15) is 18.0 Å². The molecule has 0 saturated carbocycles. The number of hydrogen-bond donors (Lipinski definition) is 2. The van der Waals surface area contributed by atoms with Crippen LogP contribution in [0.15, 0.2) is 42.6 Å². The van der Waals surface area contributed by atoms with Gasteiger partial charge in [-0.05, 0) is 30.3 Å².